The Balaban J connectivity index is 1.83. The number of halogens is 3. The van der Waals surface area contributed by atoms with E-state index in [1.165, 1.54) is 6.07 Å². The van der Waals surface area contributed by atoms with Gasteiger partial charge in [-0.1, -0.05) is 42.1 Å². The number of hydrogen-bond donors (Lipinski definition) is 3. The van der Waals surface area contributed by atoms with Crippen molar-refractivity contribution in [1.29, 1.82) is 0 Å². The van der Waals surface area contributed by atoms with Crippen LogP contribution in [0.3, 0.4) is 0 Å². The predicted octanol–water partition coefficient (Wildman–Crippen LogP) is 2.79. The topological polar surface area (TPSA) is 82.5 Å². The van der Waals surface area contributed by atoms with Crippen LogP contribution >= 0.6 is 11.8 Å². The number of aliphatic hydroxyl groups excluding tert-OH is 2. The van der Waals surface area contributed by atoms with Gasteiger partial charge in [0.2, 0.25) is 5.91 Å². The molecule has 1 amide bonds. The zero-order valence-corrected chi connectivity index (χ0v) is 15.0. The van der Waals surface area contributed by atoms with Gasteiger partial charge >= 0.3 is 6.18 Å². The van der Waals surface area contributed by atoms with Crippen LogP contribution in [0.15, 0.2) is 53.7 Å². The number of benzene rings is 1. The molecule has 9 heteroatoms. The second-order valence-electron chi connectivity index (χ2n) is 5.78. The third-order valence-electron chi connectivity index (χ3n) is 3.69. The number of pyridine rings is 1. The van der Waals surface area contributed by atoms with Crippen LogP contribution in [0, 0.1) is 0 Å². The van der Waals surface area contributed by atoms with Gasteiger partial charge in [0.1, 0.15) is 0 Å². The molecule has 146 valence electrons. The molecule has 2 rings (SSSR count). The minimum atomic E-state index is -4.46. The Morgan fingerprint density at radius 1 is 1.19 bits per heavy atom. The number of alkyl halides is 3. The summed E-state index contributed by atoms with van der Waals surface area (Å²) in [5, 5.41) is 22.5. The quantitative estimate of drug-likeness (QED) is 0.594. The summed E-state index contributed by atoms with van der Waals surface area (Å²) in [4.78, 5) is 15.7. The zero-order valence-electron chi connectivity index (χ0n) is 14.2. The number of carbonyl (C=O) groups is 1. The number of nitrogens with zero attached hydrogens (tertiary/aromatic N) is 1. The van der Waals surface area contributed by atoms with Crippen molar-refractivity contribution >= 4 is 17.7 Å². The molecule has 1 heterocycles. The molecule has 0 saturated carbocycles. The lowest BCUT2D eigenvalue weighted by molar-refractivity contribution is -0.137. The molecule has 2 atom stereocenters. The molecule has 0 radical (unpaired) electrons. The second-order valence-corrected chi connectivity index (χ2v) is 6.78. The molecule has 0 unspecified atom stereocenters. The summed E-state index contributed by atoms with van der Waals surface area (Å²) < 4.78 is 37.5. The van der Waals surface area contributed by atoms with E-state index in [1.54, 1.807) is 24.3 Å². The van der Waals surface area contributed by atoms with Crippen LogP contribution < -0.4 is 5.32 Å². The Morgan fingerprint density at radius 2 is 1.89 bits per heavy atom. The molecular weight excluding hydrogens is 381 g/mol. The van der Waals surface area contributed by atoms with Crippen molar-refractivity contribution < 1.29 is 28.2 Å². The fourth-order valence-electron chi connectivity index (χ4n) is 2.30. The van der Waals surface area contributed by atoms with Crippen LogP contribution in [0.2, 0.25) is 0 Å². The van der Waals surface area contributed by atoms with Crippen LogP contribution in [0.5, 0.6) is 0 Å². The summed E-state index contributed by atoms with van der Waals surface area (Å²) in [5.74, 6) is -0.489. The summed E-state index contributed by atoms with van der Waals surface area (Å²) in [5.41, 5.74) is -0.180. The molecule has 0 aliphatic heterocycles. The molecule has 0 saturated heterocycles. The normalized spacial score (nSPS) is 13.8. The summed E-state index contributed by atoms with van der Waals surface area (Å²) in [6.45, 7) is -0.348. The van der Waals surface area contributed by atoms with Crippen molar-refractivity contribution in [2.75, 3.05) is 12.4 Å². The Bertz CT molecular complexity index is 727. The molecule has 1 aromatic carbocycles. The maximum absolute atomic E-state index is 12.5. The first kappa shape index (κ1) is 21.2. The molecule has 1 aromatic heterocycles. The van der Waals surface area contributed by atoms with Crippen LogP contribution in [0.4, 0.5) is 13.2 Å². The summed E-state index contributed by atoms with van der Waals surface area (Å²) >= 11 is 0.981. The minimum absolute atomic E-state index is 0.0731. The molecule has 27 heavy (non-hydrogen) atoms. The van der Waals surface area contributed by atoms with E-state index in [4.69, 9.17) is 0 Å². The van der Waals surface area contributed by atoms with Gasteiger partial charge in [-0.15, -0.1) is 0 Å². The van der Waals surface area contributed by atoms with Crippen LogP contribution in [0.25, 0.3) is 0 Å². The molecule has 0 aliphatic rings. The number of amides is 1. The van der Waals surface area contributed by atoms with Gasteiger partial charge in [0.05, 0.1) is 35.1 Å². The highest BCUT2D eigenvalue weighted by atomic mass is 32.2. The standard InChI is InChI=1S/C18H19F3N2O3S/c19-18(20,21)13-6-7-17(22-9-13)27-11-16(26)23-14(10-24)8-15(25)12-4-2-1-3-5-12/h1-7,9,14-15,24-25H,8,10-11H2,(H,23,26)/t14-,15+/m0/s1. The average molecular weight is 400 g/mol. The summed E-state index contributed by atoms with van der Waals surface area (Å²) in [6, 6.07) is 10.3. The molecule has 0 bridgehead atoms. The molecule has 0 spiro atoms. The van der Waals surface area contributed by atoms with Gasteiger partial charge in [-0.2, -0.15) is 13.2 Å². The number of aromatic nitrogens is 1. The molecule has 0 aliphatic carbocycles. The first-order valence-corrected chi connectivity index (χ1v) is 9.07. The smallest absolute Gasteiger partial charge is 0.394 e. The highest BCUT2D eigenvalue weighted by Crippen LogP contribution is 2.29. The molecule has 3 N–H and O–H groups in total. The second kappa shape index (κ2) is 9.72. The monoisotopic (exact) mass is 400 g/mol. The highest BCUT2D eigenvalue weighted by molar-refractivity contribution is 7.99. The van der Waals surface area contributed by atoms with Gasteiger partial charge in [-0.3, -0.25) is 4.79 Å². The molecular formula is C18H19F3N2O3S. The zero-order chi connectivity index (χ0) is 19.9. The van der Waals surface area contributed by atoms with Crippen molar-refractivity contribution in [3.63, 3.8) is 0 Å². The van der Waals surface area contributed by atoms with Gasteiger partial charge in [-0.25, -0.2) is 4.98 Å². The molecule has 0 fully saturated rings. The minimum Gasteiger partial charge on any atom is -0.394 e. The van der Waals surface area contributed by atoms with E-state index in [9.17, 15) is 28.2 Å². The lowest BCUT2D eigenvalue weighted by Gasteiger charge is -2.20. The van der Waals surface area contributed by atoms with E-state index in [0.717, 1.165) is 17.8 Å². The van der Waals surface area contributed by atoms with Gasteiger partial charge in [0, 0.05) is 6.20 Å². The first-order chi connectivity index (χ1) is 12.8. The maximum Gasteiger partial charge on any atom is 0.417 e. The van der Waals surface area contributed by atoms with E-state index in [2.05, 4.69) is 10.3 Å². The van der Waals surface area contributed by atoms with Crippen molar-refractivity contribution in [2.24, 2.45) is 0 Å². The van der Waals surface area contributed by atoms with E-state index in [0.29, 0.717) is 11.8 Å². The number of rotatable bonds is 8. The van der Waals surface area contributed by atoms with E-state index < -0.39 is 29.8 Å². The summed E-state index contributed by atoms with van der Waals surface area (Å²) in [7, 11) is 0. The van der Waals surface area contributed by atoms with E-state index >= 15 is 0 Å². The Hall–Kier alpha value is -2.10. The average Bonchev–Trinajstić information content (AvgIpc) is 2.66. The van der Waals surface area contributed by atoms with Gasteiger partial charge in [0.25, 0.3) is 0 Å². The first-order valence-electron chi connectivity index (χ1n) is 8.09. The lowest BCUT2D eigenvalue weighted by atomic mass is 10.0. The largest absolute Gasteiger partial charge is 0.417 e. The van der Waals surface area contributed by atoms with Crippen molar-refractivity contribution in [1.82, 2.24) is 10.3 Å². The third kappa shape index (κ3) is 6.85. The lowest BCUT2D eigenvalue weighted by Crippen LogP contribution is -2.39. The predicted molar refractivity (Wildman–Crippen MR) is 95.0 cm³/mol. The van der Waals surface area contributed by atoms with E-state index in [1.807, 2.05) is 6.07 Å². The number of aliphatic hydroxyl groups is 2. The number of thioether (sulfide) groups is 1. The van der Waals surface area contributed by atoms with E-state index in [-0.39, 0.29) is 23.8 Å². The Kier molecular flexibility index (Phi) is 7.64. The number of carbonyl (C=O) groups excluding carboxylic acids is 1. The Labute approximate surface area is 158 Å². The van der Waals surface area contributed by atoms with Gasteiger partial charge in [-0.05, 0) is 24.1 Å². The van der Waals surface area contributed by atoms with Crippen LogP contribution in [0.1, 0.15) is 23.7 Å². The van der Waals surface area contributed by atoms with Crippen molar-refractivity contribution in [2.45, 2.75) is 29.8 Å². The van der Waals surface area contributed by atoms with Crippen molar-refractivity contribution in [3.05, 3.63) is 59.8 Å². The Morgan fingerprint density at radius 3 is 2.44 bits per heavy atom. The van der Waals surface area contributed by atoms with Crippen LogP contribution in [-0.4, -0.2) is 39.5 Å². The van der Waals surface area contributed by atoms with Gasteiger partial charge < -0.3 is 15.5 Å². The summed E-state index contributed by atoms with van der Waals surface area (Å²) in [6.07, 6.45) is -4.45. The van der Waals surface area contributed by atoms with Gasteiger partial charge in [0.15, 0.2) is 0 Å². The highest BCUT2D eigenvalue weighted by Gasteiger charge is 2.30. The SMILES string of the molecule is O=C(CSc1ccc(C(F)(F)F)cn1)N[C@H](CO)C[C@@H](O)c1ccccc1. The van der Waals surface area contributed by atoms with Crippen molar-refractivity contribution in [3.8, 4) is 0 Å². The maximum atomic E-state index is 12.5. The third-order valence-corrected chi connectivity index (χ3v) is 4.64. The number of nitrogens with one attached hydrogen (secondary N) is 1. The van der Waals surface area contributed by atoms with Crippen LogP contribution in [-0.2, 0) is 11.0 Å². The number of hydrogen-bond acceptors (Lipinski definition) is 5. The molecule has 2 aromatic rings. The fraction of sp³-hybridized carbons (Fsp3) is 0.333. The molecule has 5 nitrogen and oxygen atoms in total. The fourth-order valence-corrected chi connectivity index (χ4v) is 2.96.